The molecule has 15 heavy (non-hydrogen) atoms. The molecule has 1 aromatic rings. The lowest BCUT2D eigenvalue weighted by Gasteiger charge is -2.06. The van der Waals surface area contributed by atoms with Crippen LogP contribution in [0.5, 0.6) is 11.5 Å². The number of Topliss-reactive ketones (excluding diaryl/α,β-unsaturated/α-hetero) is 1. The first-order chi connectivity index (χ1) is 6.99. The van der Waals surface area contributed by atoms with Crippen molar-refractivity contribution < 1.29 is 19.6 Å². The number of nitrogens with zero attached hydrogens (tertiary/aromatic N) is 1. The van der Waals surface area contributed by atoms with E-state index in [1.807, 2.05) is 0 Å². The van der Waals surface area contributed by atoms with E-state index in [1.54, 1.807) is 0 Å². The van der Waals surface area contributed by atoms with E-state index in [1.165, 1.54) is 20.1 Å². The second-order valence-corrected chi connectivity index (χ2v) is 2.83. The number of rotatable bonds is 3. The zero-order valence-corrected chi connectivity index (χ0v) is 8.18. The molecule has 0 unspecified atom stereocenters. The molecule has 0 saturated heterocycles. The van der Waals surface area contributed by atoms with Gasteiger partial charge in [0.05, 0.1) is 17.6 Å². The molecule has 0 bridgehead atoms. The lowest BCUT2D eigenvalue weighted by Crippen LogP contribution is -1.99. The fourth-order valence-corrected chi connectivity index (χ4v) is 1.19. The molecule has 0 fully saturated rings. The van der Waals surface area contributed by atoms with Crippen molar-refractivity contribution in [3.8, 4) is 11.5 Å². The third-order valence-electron chi connectivity index (χ3n) is 1.89. The number of carbonyl (C=O) groups is 1. The van der Waals surface area contributed by atoms with Gasteiger partial charge < -0.3 is 9.84 Å². The lowest BCUT2D eigenvalue weighted by molar-refractivity contribution is -0.385. The molecule has 1 aromatic carbocycles. The van der Waals surface area contributed by atoms with Gasteiger partial charge in [-0.3, -0.25) is 14.9 Å². The van der Waals surface area contributed by atoms with Crippen LogP contribution in [0, 0.1) is 10.1 Å². The zero-order chi connectivity index (χ0) is 11.6. The van der Waals surface area contributed by atoms with Crippen molar-refractivity contribution in [2.75, 3.05) is 7.11 Å². The SMILES string of the molecule is COc1c([N+](=O)[O-])ccc(C(C)=O)c1O. The highest BCUT2D eigenvalue weighted by Gasteiger charge is 2.22. The van der Waals surface area contributed by atoms with Crippen molar-refractivity contribution in [2.45, 2.75) is 6.92 Å². The molecular formula is C9H9NO5. The summed E-state index contributed by atoms with van der Waals surface area (Å²) < 4.78 is 4.68. The summed E-state index contributed by atoms with van der Waals surface area (Å²) in [4.78, 5) is 20.9. The molecule has 0 radical (unpaired) electrons. The van der Waals surface area contributed by atoms with E-state index < -0.39 is 10.7 Å². The third-order valence-corrected chi connectivity index (χ3v) is 1.89. The second kappa shape index (κ2) is 3.95. The van der Waals surface area contributed by atoms with Crippen LogP contribution in [-0.4, -0.2) is 22.9 Å². The van der Waals surface area contributed by atoms with Crippen LogP contribution in [0.2, 0.25) is 0 Å². The van der Waals surface area contributed by atoms with Crippen LogP contribution < -0.4 is 4.74 Å². The smallest absolute Gasteiger partial charge is 0.314 e. The van der Waals surface area contributed by atoms with Crippen LogP contribution in [0.15, 0.2) is 12.1 Å². The number of nitro groups is 1. The highest BCUT2D eigenvalue weighted by molar-refractivity contribution is 5.98. The van der Waals surface area contributed by atoms with Gasteiger partial charge in [0.1, 0.15) is 0 Å². The van der Waals surface area contributed by atoms with Crippen molar-refractivity contribution in [1.82, 2.24) is 0 Å². The largest absolute Gasteiger partial charge is 0.504 e. The summed E-state index contributed by atoms with van der Waals surface area (Å²) in [6, 6.07) is 2.31. The van der Waals surface area contributed by atoms with Crippen molar-refractivity contribution in [3.63, 3.8) is 0 Å². The molecule has 0 amide bonds. The Balaban J connectivity index is 3.45. The standard InChI is InChI=1S/C9H9NO5/c1-5(11)6-3-4-7(10(13)14)9(15-2)8(6)12/h3-4,12H,1-2H3. The Morgan fingerprint density at radius 2 is 2.13 bits per heavy atom. The fraction of sp³-hybridized carbons (Fsp3) is 0.222. The van der Waals surface area contributed by atoms with E-state index in [-0.39, 0.29) is 22.8 Å². The second-order valence-electron chi connectivity index (χ2n) is 2.83. The Morgan fingerprint density at radius 3 is 2.53 bits per heavy atom. The van der Waals surface area contributed by atoms with Gasteiger partial charge in [0.15, 0.2) is 11.5 Å². The van der Waals surface area contributed by atoms with Crippen LogP contribution in [0.4, 0.5) is 5.69 Å². The van der Waals surface area contributed by atoms with Crippen LogP contribution in [0.3, 0.4) is 0 Å². The van der Waals surface area contributed by atoms with E-state index in [2.05, 4.69) is 4.74 Å². The first-order valence-corrected chi connectivity index (χ1v) is 4.04. The summed E-state index contributed by atoms with van der Waals surface area (Å²) in [7, 11) is 1.19. The average Bonchev–Trinajstić information content (AvgIpc) is 2.16. The number of benzene rings is 1. The highest BCUT2D eigenvalue weighted by Crippen LogP contribution is 2.38. The van der Waals surface area contributed by atoms with Crippen molar-refractivity contribution >= 4 is 11.5 Å². The van der Waals surface area contributed by atoms with Gasteiger partial charge in [0.2, 0.25) is 5.75 Å². The van der Waals surface area contributed by atoms with Crippen LogP contribution >= 0.6 is 0 Å². The number of carbonyl (C=O) groups excluding carboxylic acids is 1. The van der Waals surface area contributed by atoms with E-state index in [0.717, 1.165) is 6.07 Å². The summed E-state index contributed by atoms with van der Waals surface area (Å²) in [5, 5.41) is 20.1. The lowest BCUT2D eigenvalue weighted by atomic mass is 10.1. The minimum Gasteiger partial charge on any atom is -0.504 e. The predicted molar refractivity (Wildman–Crippen MR) is 51.3 cm³/mol. The maximum Gasteiger partial charge on any atom is 0.314 e. The first kappa shape index (κ1) is 11.0. The van der Waals surface area contributed by atoms with Gasteiger partial charge in [-0.2, -0.15) is 0 Å². The van der Waals surface area contributed by atoms with Gasteiger partial charge in [0.25, 0.3) is 0 Å². The van der Waals surface area contributed by atoms with Crippen LogP contribution in [0.1, 0.15) is 17.3 Å². The fourth-order valence-electron chi connectivity index (χ4n) is 1.19. The molecule has 0 aliphatic rings. The topological polar surface area (TPSA) is 89.7 Å². The van der Waals surface area contributed by atoms with Gasteiger partial charge in [0, 0.05) is 6.07 Å². The maximum absolute atomic E-state index is 11.0. The third kappa shape index (κ3) is 1.88. The molecular weight excluding hydrogens is 202 g/mol. The number of methoxy groups -OCH3 is 1. The van der Waals surface area contributed by atoms with Gasteiger partial charge in [-0.15, -0.1) is 0 Å². The van der Waals surface area contributed by atoms with E-state index in [9.17, 15) is 20.0 Å². The minimum absolute atomic E-state index is 0.00236. The van der Waals surface area contributed by atoms with Crippen molar-refractivity contribution in [1.29, 1.82) is 0 Å². The number of phenolic OH excluding ortho intramolecular Hbond substituents is 1. The molecule has 0 atom stereocenters. The summed E-state index contributed by atoms with van der Waals surface area (Å²) in [5.74, 6) is -1.19. The summed E-state index contributed by atoms with van der Waals surface area (Å²) in [5.41, 5.74) is -0.377. The number of hydrogen-bond donors (Lipinski definition) is 1. The minimum atomic E-state index is -0.692. The monoisotopic (exact) mass is 211 g/mol. The molecule has 0 aliphatic heterocycles. The van der Waals surface area contributed by atoms with Crippen LogP contribution in [-0.2, 0) is 0 Å². The van der Waals surface area contributed by atoms with Crippen molar-refractivity contribution in [3.05, 3.63) is 27.8 Å². The van der Waals surface area contributed by atoms with E-state index >= 15 is 0 Å². The number of ketones is 1. The predicted octanol–water partition coefficient (Wildman–Crippen LogP) is 1.51. The molecule has 0 saturated carbocycles. The molecule has 80 valence electrons. The number of aromatic hydroxyl groups is 1. The van der Waals surface area contributed by atoms with E-state index in [0.29, 0.717) is 0 Å². The number of phenols is 1. The molecule has 0 spiro atoms. The summed E-state index contributed by atoms with van der Waals surface area (Å²) in [6.45, 7) is 1.25. The Hall–Kier alpha value is -2.11. The molecule has 1 rings (SSSR count). The maximum atomic E-state index is 11.0. The Bertz CT molecular complexity index is 427. The molecule has 0 aliphatic carbocycles. The molecule has 1 N–H and O–H groups in total. The van der Waals surface area contributed by atoms with Crippen LogP contribution in [0.25, 0.3) is 0 Å². The summed E-state index contributed by atoms with van der Waals surface area (Å²) >= 11 is 0. The van der Waals surface area contributed by atoms with Gasteiger partial charge in [-0.05, 0) is 13.0 Å². The molecule has 0 aromatic heterocycles. The first-order valence-electron chi connectivity index (χ1n) is 4.04. The number of hydrogen-bond acceptors (Lipinski definition) is 5. The number of ether oxygens (including phenoxy) is 1. The van der Waals surface area contributed by atoms with Crippen molar-refractivity contribution in [2.24, 2.45) is 0 Å². The van der Waals surface area contributed by atoms with E-state index in [4.69, 9.17) is 0 Å². The molecule has 0 heterocycles. The van der Waals surface area contributed by atoms with Gasteiger partial charge >= 0.3 is 5.69 Å². The molecule has 6 heteroatoms. The van der Waals surface area contributed by atoms with Gasteiger partial charge in [-0.25, -0.2) is 0 Å². The average molecular weight is 211 g/mol. The number of nitro benzene ring substituents is 1. The highest BCUT2D eigenvalue weighted by atomic mass is 16.6. The Morgan fingerprint density at radius 1 is 1.53 bits per heavy atom. The van der Waals surface area contributed by atoms with Gasteiger partial charge in [-0.1, -0.05) is 0 Å². The molecule has 6 nitrogen and oxygen atoms in total. The zero-order valence-electron chi connectivity index (χ0n) is 8.18. The normalized spacial score (nSPS) is 9.73. The Labute approximate surface area is 85.2 Å². The Kier molecular flexibility index (Phi) is 2.89. The quantitative estimate of drug-likeness (QED) is 0.465. The summed E-state index contributed by atoms with van der Waals surface area (Å²) in [6.07, 6.45) is 0.